The molecule has 0 aliphatic carbocycles. The Morgan fingerprint density at radius 2 is 1.55 bits per heavy atom. The Bertz CT molecular complexity index is 1020. The van der Waals surface area contributed by atoms with Crippen molar-refractivity contribution in [1.29, 1.82) is 0 Å². The zero-order chi connectivity index (χ0) is 23.5. The summed E-state index contributed by atoms with van der Waals surface area (Å²) in [6, 6.07) is 23.4. The summed E-state index contributed by atoms with van der Waals surface area (Å²) in [5, 5.41) is 3.02. The Morgan fingerprint density at radius 3 is 2.30 bits per heavy atom. The second-order valence-electron chi connectivity index (χ2n) is 7.50. The van der Waals surface area contributed by atoms with Gasteiger partial charge in [0.15, 0.2) is 11.5 Å². The lowest BCUT2D eigenvalue weighted by Gasteiger charge is -2.17. The largest absolute Gasteiger partial charge is 0.493 e. The summed E-state index contributed by atoms with van der Waals surface area (Å²) in [6.45, 7) is 3.16. The molecule has 0 saturated carbocycles. The third-order valence-corrected chi connectivity index (χ3v) is 5.17. The number of benzene rings is 3. The molecule has 174 valence electrons. The van der Waals surface area contributed by atoms with Gasteiger partial charge in [-0.25, -0.2) is 0 Å². The summed E-state index contributed by atoms with van der Waals surface area (Å²) in [6.07, 6.45) is 0.253. The average Bonchev–Trinajstić information content (AvgIpc) is 2.85. The molecule has 6 nitrogen and oxygen atoms in total. The Labute approximate surface area is 195 Å². The van der Waals surface area contributed by atoms with Gasteiger partial charge in [-0.3, -0.25) is 4.79 Å². The molecule has 6 heteroatoms. The van der Waals surface area contributed by atoms with Gasteiger partial charge in [-0.15, -0.1) is 0 Å². The Morgan fingerprint density at radius 1 is 0.818 bits per heavy atom. The molecule has 0 aliphatic heterocycles. The molecule has 0 heterocycles. The molecule has 0 fully saturated rings. The maximum absolute atomic E-state index is 12.5. The van der Waals surface area contributed by atoms with Crippen molar-refractivity contribution in [3.63, 3.8) is 0 Å². The van der Waals surface area contributed by atoms with Gasteiger partial charge in [-0.2, -0.15) is 0 Å². The van der Waals surface area contributed by atoms with Crippen molar-refractivity contribution in [1.82, 2.24) is 5.32 Å². The topological polar surface area (TPSA) is 66.0 Å². The first-order chi connectivity index (χ1) is 16.1. The number of para-hydroxylation sites is 1. The van der Waals surface area contributed by atoms with Crippen LogP contribution in [0.15, 0.2) is 72.8 Å². The third-order valence-electron chi connectivity index (χ3n) is 5.17. The molecule has 1 unspecified atom stereocenters. The van der Waals surface area contributed by atoms with Crippen molar-refractivity contribution in [2.45, 2.75) is 19.4 Å². The molecule has 0 saturated heterocycles. The fourth-order valence-electron chi connectivity index (χ4n) is 3.41. The standard InChI is InChI=1S/C27H31NO5/c1-20(22-13-14-25(26(19-22)31-3)33-18-17-30-2)28-27(29)15-16-32-24-12-8-7-11-23(24)21-9-5-4-6-10-21/h4-14,19-20H,15-18H2,1-3H3,(H,28,29). The second kappa shape index (κ2) is 12.5. The normalized spacial score (nSPS) is 11.5. The van der Waals surface area contributed by atoms with E-state index >= 15 is 0 Å². The van der Waals surface area contributed by atoms with Gasteiger partial charge in [0.25, 0.3) is 0 Å². The van der Waals surface area contributed by atoms with Crippen LogP contribution in [0.3, 0.4) is 0 Å². The summed E-state index contributed by atoms with van der Waals surface area (Å²) in [5.74, 6) is 1.94. The van der Waals surface area contributed by atoms with E-state index in [1.54, 1.807) is 14.2 Å². The molecule has 0 aromatic heterocycles. The lowest BCUT2D eigenvalue weighted by Crippen LogP contribution is -2.27. The summed E-state index contributed by atoms with van der Waals surface area (Å²) in [4.78, 5) is 12.5. The molecule has 3 aromatic rings. The number of rotatable bonds is 12. The van der Waals surface area contributed by atoms with Gasteiger partial charge < -0.3 is 24.3 Å². The highest BCUT2D eigenvalue weighted by molar-refractivity contribution is 5.76. The molecule has 33 heavy (non-hydrogen) atoms. The van der Waals surface area contributed by atoms with Crippen LogP contribution in [-0.4, -0.2) is 39.9 Å². The lowest BCUT2D eigenvalue weighted by molar-refractivity contribution is -0.122. The molecule has 0 radical (unpaired) electrons. The van der Waals surface area contributed by atoms with Crippen LogP contribution in [0.2, 0.25) is 0 Å². The number of ether oxygens (including phenoxy) is 4. The maximum atomic E-state index is 12.5. The Kier molecular flexibility index (Phi) is 9.15. The van der Waals surface area contributed by atoms with Crippen molar-refractivity contribution in [2.24, 2.45) is 0 Å². The number of carbonyl (C=O) groups is 1. The molecular weight excluding hydrogens is 418 g/mol. The van der Waals surface area contributed by atoms with E-state index in [-0.39, 0.29) is 25.0 Å². The van der Waals surface area contributed by atoms with Crippen LogP contribution in [0, 0.1) is 0 Å². The predicted molar refractivity (Wildman–Crippen MR) is 129 cm³/mol. The summed E-state index contributed by atoms with van der Waals surface area (Å²) >= 11 is 0. The number of amides is 1. The van der Waals surface area contributed by atoms with Crippen molar-refractivity contribution >= 4 is 5.91 Å². The number of hydrogen-bond acceptors (Lipinski definition) is 5. The first-order valence-electron chi connectivity index (χ1n) is 11.0. The zero-order valence-corrected chi connectivity index (χ0v) is 19.4. The van der Waals surface area contributed by atoms with Gasteiger partial charge in [0.1, 0.15) is 12.4 Å². The van der Waals surface area contributed by atoms with E-state index in [2.05, 4.69) is 5.32 Å². The van der Waals surface area contributed by atoms with E-state index in [4.69, 9.17) is 18.9 Å². The summed E-state index contributed by atoms with van der Waals surface area (Å²) < 4.78 is 22.1. The quantitative estimate of drug-likeness (QED) is 0.393. The molecule has 1 N–H and O–H groups in total. The number of methoxy groups -OCH3 is 2. The molecule has 1 atom stereocenters. The minimum atomic E-state index is -0.184. The van der Waals surface area contributed by atoms with E-state index in [1.165, 1.54) is 0 Å². The monoisotopic (exact) mass is 449 g/mol. The molecule has 0 aliphatic rings. The van der Waals surface area contributed by atoms with E-state index in [9.17, 15) is 4.79 Å². The SMILES string of the molecule is COCCOc1ccc(C(C)NC(=O)CCOc2ccccc2-c2ccccc2)cc1OC. The van der Waals surface area contributed by atoms with Gasteiger partial charge in [0.2, 0.25) is 5.91 Å². The first-order valence-corrected chi connectivity index (χ1v) is 11.0. The van der Waals surface area contributed by atoms with E-state index in [0.717, 1.165) is 22.4 Å². The number of nitrogens with one attached hydrogen (secondary N) is 1. The van der Waals surface area contributed by atoms with Crippen molar-refractivity contribution < 1.29 is 23.7 Å². The van der Waals surface area contributed by atoms with Gasteiger partial charge in [0, 0.05) is 12.7 Å². The molecule has 0 spiro atoms. The molecule has 0 bridgehead atoms. The van der Waals surface area contributed by atoms with Crippen molar-refractivity contribution in [3.05, 3.63) is 78.4 Å². The highest BCUT2D eigenvalue weighted by Gasteiger charge is 2.14. The van der Waals surface area contributed by atoms with Crippen LogP contribution in [0.1, 0.15) is 24.9 Å². The number of carbonyl (C=O) groups excluding carboxylic acids is 1. The molecule has 3 aromatic carbocycles. The second-order valence-corrected chi connectivity index (χ2v) is 7.50. The highest BCUT2D eigenvalue weighted by atomic mass is 16.5. The summed E-state index contributed by atoms with van der Waals surface area (Å²) in [7, 11) is 3.22. The first kappa shape index (κ1) is 24.1. The van der Waals surface area contributed by atoms with Crippen LogP contribution in [0.4, 0.5) is 0 Å². The van der Waals surface area contributed by atoms with Crippen LogP contribution in [0.25, 0.3) is 11.1 Å². The maximum Gasteiger partial charge on any atom is 0.223 e. The Balaban J connectivity index is 1.53. The average molecular weight is 450 g/mol. The fourth-order valence-corrected chi connectivity index (χ4v) is 3.41. The predicted octanol–water partition coefficient (Wildman–Crippen LogP) is 5.03. The van der Waals surface area contributed by atoms with Crippen molar-refractivity contribution in [3.8, 4) is 28.4 Å². The van der Waals surface area contributed by atoms with E-state index in [1.807, 2.05) is 79.7 Å². The smallest absolute Gasteiger partial charge is 0.223 e. The number of hydrogen-bond donors (Lipinski definition) is 1. The van der Waals surface area contributed by atoms with Gasteiger partial charge in [-0.05, 0) is 36.2 Å². The van der Waals surface area contributed by atoms with Crippen LogP contribution >= 0.6 is 0 Å². The van der Waals surface area contributed by atoms with Crippen LogP contribution in [-0.2, 0) is 9.53 Å². The third kappa shape index (κ3) is 6.99. The molecule has 3 rings (SSSR count). The molecule has 1 amide bonds. The minimum Gasteiger partial charge on any atom is -0.493 e. The lowest BCUT2D eigenvalue weighted by atomic mass is 10.1. The van der Waals surface area contributed by atoms with Gasteiger partial charge in [0.05, 0.1) is 32.8 Å². The Hall–Kier alpha value is -3.51. The van der Waals surface area contributed by atoms with Crippen LogP contribution in [0.5, 0.6) is 17.2 Å². The van der Waals surface area contributed by atoms with Crippen molar-refractivity contribution in [2.75, 3.05) is 34.0 Å². The van der Waals surface area contributed by atoms with Crippen LogP contribution < -0.4 is 19.5 Å². The van der Waals surface area contributed by atoms with E-state index < -0.39 is 0 Å². The zero-order valence-electron chi connectivity index (χ0n) is 19.4. The fraction of sp³-hybridized carbons (Fsp3) is 0.296. The van der Waals surface area contributed by atoms with Gasteiger partial charge in [-0.1, -0.05) is 54.6 Å². The summed E-state index contributed by atoms with van der Waals surface area (Å²) in [5.41, 5.74) is 3.01. The van der Waals surface area contributed by atoms with E-state index in [0.29, 0.717) is 24.7 Å². The minimum absolute atomic E-state index is 0.0842. The highest BCUT2D eigenvalue weighted by Crippen LogP contribution is 2.31. The van der Waals surface area contributed by atoms with Gasteiger partial charge >= 0.3 is 0 Å². The molecular formula is C27H31NO5.